The summed E-state index contributed by atoms with van der Waals surface area (Å²) < 4.78 is 7.53. The first-order valence-electron chi connectivity index (χ1n) is 6.41. The molecular formula is C14H14ClN3O2. The predicted molar refractivity (Wildman–Crippen MR) is 74.8 cm³/mol. The minimum absolute atomic E-state index is 0.0996. The van der Waals surface area contributed by atoms with E-state index in [0.717, 1.165) is 11.3 Å². The second-order valence-electron chi connectivity index (χ2n) is 4.65. The zero-order valence-corrected chi connectivity index (χ0v) is 11.5. The lowest BCUT2D eigenvalue weighted by Gasteiger charge is -2.11. The molecule has 3 rings (SSSR count). The Balaban J connectivity index is 1.52. The molecule has 0 saturated carbocycles. The number of fused-ring (bicyclic) bond motifs is 1. The number of carbonyl (C=O) groups excluding carboxylic acids is 1. The van der Waals surface area contributed by atoms with Gasteiger partial charge in [0, 0.05) is 36.9 Å². The number of nitrogens with zero attached hydrogens (tertiary/aromatic N) is 2. The van der Waals surface area contributed by atoms with Crippen molar-refractivity contribution in [3.8, 4) is 5.75 Å². The number of rotatable bonds is 4. The summed E-state index contributed by atoms with van der Waals surface area (Å²) in [7, 11) is 0. The van der Waals surface area contributed by atoms with Crippen LogP contribution >= 0.6 is 11.6 Å². The van der Waals surface area contributed by atoms with E-state index in [-0.39, 0.29) is 5.91 Å². The molecule has 1 N–H and O–H groups in total. The fourth-order valence-electron chi connectivity index (χ4n) is 2.20. The van der Waals surface area contributed by atoms with Gasteiger partial charge in [0.15, 0.2) is 6.10 Å². The van der Waals surface area contributed by atoms with E-state index in [2.05, 4.69) is 10.3 Å². The van der Waals surface area contributed by atoms with Gasteiger partial charge in [-0.1, -0.05) is 11.6 Å². The zero-order chi connectivity index (χ0) is 13.9. The molecule has 1 aliphatic heterocycles. The van der Waals surface area contributed by atoms with Crippen LogP contribution < -0.4 is 10.1 Å². The van der Waals surface area contributed by atoms with Gasteiger partial charge in [-0.25, -0.2) is 4.98 Å². The molecule has 1 atom stereocenters. The number of nitrogens with one attached hydrogen (secondary N) is 1. The second kappa shape index (κ2) is 5.54. The Labute approximate surface area is 121 Å². The van der Waals surface area contributed by atoms with Crippen molar-refractivity contribution in [1.82, 2.24) is 14.9 Å². The molecule has 0 spiro atoms. The van der Waals surface area contributed by atoms with Crippen molar-refractivity contribution in [1.29, 1.82) is 0 Å². The number of halogens is 1. The summed E-state index contributed by atoms with van der Waals surface area (Å²) in [5, 5.41) is 3.53. The van der Waals surface area contributed by atoms with Crippen molar-refractivity contribution < 1.29 is 9.53 Å². The van der Waals surface area contributed by atoms with Gasteiger partial charge in [0.1, 0.15) is 5.75 Å². The van der Waals surface area contributed by atoms with Gasteiger partial charge in [-0.2, -0.15) is 0 Å². The summed E-state index contributed by atoms with van der Waals surface area (Å²) in [4.78, 5) is 16.0. The molecule has 6 heteroatoms. The second-order valence-corrected chi connectivity index (χ2v) is 5.09. The van der Waals surface area contributed by atoms with Crippen LogP contribution in [-0.2, 0) is 17.8 Å². The molecule has 0 saturated heterocycles. The highest BCUT2D eigenvalue weighted by Gasteiger charge is 2.28. The Morgan fingerprint density at radius 1 is 1.55 bits per heavy atom. The van der Waals surface area contributed by atoms with Crippen molar-refractivity contribution in [2.24, 2.45) is 0 Å². The van der Waals surface area contributed by atoms with Gasteiger partial charge in [-0.3, -0.25) is 4.79 Å². The standard InChI is InChI=1S/C14H14ClN3O2/c15-11-1-2-12-10(7-11)8-13(20-12)14(19)17-4-6-18-5-3-16-9-18/h1-3,5,7,9,13H,4,6,8H2,(H,17,19)/t13-/m0/s1. The molecule has 1 aromatic heterocycles. The van der Waals surface area contributed by atoms with Crippen molar-refractivity contribution in [2.75, 3.05) is 6.54 Å². The maximum absolute atomic E-state index is 12.0. The van der Waals surface area contributed by atoms with Crippen LogP contribution in [0.25, 0.3) is 0 Å². The highest BCUT2D eigenvalue weighted by Crippen LogP contribution is 2.30. The quantitative estimate of drug-likeness (QED) is 0.932. The molecule has 0 unspecified atom stereocenters. The minimum atomic E-state index is -0.466. The van der Waals surface area contributed by atoms with Gasteiger partial charge in [0.25, 0.3) is 5.91 Å². The lowest BCUT2D eigenvalue weighted by atomic mass is 10.1. The van der Waals surface area contributed by atoms with Crippen molar-refractivity contribution in [3.05, 3.63) is 47.5 Å². The van der Waals surface area contributed by atoms with Gasteiger partial charge in [0.2, 0.25) is 0 Å². The van der Waals surface area contributed by atoms with Crippen LogP contribution in [0, 0.1) is 0 Å². The minimum Gasteiger partial charge on any atom is -0.480 e. The van der Waals surface area contributed by atoms with Gasteiger partial charge in [-0.05, 0) is 23.8 Å². The third-order valence-electron chi connectivity index (χ3n) is 3.22. The van der Waals surface area contributed by atoms with E-state index in [0.29, 0.717) is 24.5 Å². The first-order valence-corrected chi connectivity index (χ1v) is 6.79. The lowest BCUT2D eigenvalue weighted by molar-refractivity contribution is -0.127. The van der Waals surface area contributed by atoms with E-state index >= 15 is 0 Å². The van der Waals surface area contributed by atoms with Crippen LogP contribution in [0.3, 0.4) is 0 Å². The topological polar surface area (TPSA) is 56.2 Å². The van der Waals surface area contributed by atoms with Crippen LogP contribution in [0.4, 0.5) is 0 Å². The molecule has 1 amide bonds. The summed E-state index contributed by atoms with van der Waals surface area (Å²) in [6.07, 6.45) is 5.38. The Morgan fingerprint density at radius 3 is 3.25 bits per heavy atom. The van der Waals surface area contributed by atoms with Crippen LogP contribution in [0.1, 0.15) is 5.56 Å². The number of imidazole rings is 1. The fourth-order valence-corrected chi connectivity index (χ4v) is 2.40. The van der Waals surface area contributed by atoms with Gasteiger partial charge in [-0.15, -0.1) is 0 Å². The third kappa shape index (κ3) is 2.77. The van der Waals surface area contributed by atoms with Crippen LogP contribution in [-0.4, -0.2) is 28.1 Å². The van der Waals surface area contributed by atoms with E-state index in [1.54, 1.807) is 24.7 Å². The number of benzene rings is 1. The Morgan fingerprint density at radius 2 is 2.45 bits per heavy atom. The largest absolute Gasteiger partial charge is 0.480 e. The number of hydrogen-bond acceptors (Lipinski definition) is 3. The van der Waals surface area contributed by atoms with E-state index in [1.807, 2.05) is 16.8 Å². The Bertz CT molecular complexity index is 613. The molecule has 104 valence electrons. The monoisotopic (exact) mass is 291 g/mol. The molecule has 20 heavy (non-hydrogen) atoms. The zero-order valence-electron chi connectivity index (χ0n) is 10.8. The summed E-state index contributed by atoms with van der Waals surface area (Å²) in [6.45, 7) is 1.24. The highest BCUT2D eigenvalue weighted by atomic mass is 35.5. The molecular weight excluding hydrogens is 278 g/mol. The average Bonchev–Trinajstić information content (AvgIpc) is 3.06. The summed E-state index contributed by atoms with van der Waals surface area (Å²) >= 11 is 5.93. The normalized spacial score (nSPS) is 16.6. The average molecular weight is 292 g/mol. The molecule has 0 fully saturated rings. The molecule has 2 aromatic rings. The number of carbonyl (C=O) groups is 1. The predicted octanol–water partition coefficient (Wildman–Crippen LogP) is 1.66. The smallest absolute Gasteiger partial charge is 0.261 e. The molecule has 2 heterocycles. The number of aromatic nitrogens is 2. The van der Waals surface area contributed by atoms with E-state index in [4.69, 9.17) is 16.3 Å². The Hall–Kier alpha value is -2.01. The summed E-state index contributed by atoms with van der Waals surface area (Å²) in [5.41, 5.74) is 0.979. The van der Waals surface area contributed by atoms with E-state index in [9.17, 15) is 4.79 Å². The third-order valence-corrected chi connectivity index (χ3v) is 3.45. The Kier molecular flexibility index (Phi) is 3.60. The molecule has 1 aliphatic rings. The van der Waals surface area contributed by atoms with Gasteiger partial charge < -0.3 is 14.6 Å². The summed E-state index contributed by atoms with van der Waals surface area (Å²) in [6, 6.07) is 5.41. The van der Waals surface area contributed by atoms with E-state index < -0.39 is 6.10 Å². The van der Waals surface area contributed by atoms with Gasteiger partial charge >= 0.3 is 0 Å². The first kappa shape index (κ1) is 13.0. The number of hydrogen-bond donors (Lipinski definition) is 1. The van der Waals surface area contributed by atoms with Crippen molar-refractivity contribution in [2.45, 2.75) is 19.1 Å². The van der Waals surface area contributed by atoms with E-state index in [1.165, 1.54) is 0 Å². The summed E-state index contributed by atoms with van der Waals surface area (Å²) in [5.74, 6) is 0.640. The van der Waals surface area contributed by atoms with Crippen LogP contribution in [0.15, 0.2) is 36.9 Å². The fraction of sp³-hybridized carbons (Fsp3) is 0.286. The molecule has 0 bridgehead atoms. The van der Waals surface area contributed by atoms with Crippen molar-refractivity contribution in [3.63, 3.8) is 0 Å². The van der Waals surface area contributed by atoms with Crippen LogP contribution in [0.5, 0.6) is 5.75 Å². The SMILES string of the molecule is O=C(NCCn1ccnc1)[C@@H]1Cc2cc(Cl)ccc2O1. The van der Waals surface area contributed by atoms with Crippen LogP contribution in [0.2, 0.25) is 5.02 Å². The molecule has 0 radical (unpaired) electrons. The number of ether oxygens (including phenoxy) is 1. The highest BCUT2D eigenvalue weighted by molar-refractivity contribution is 6.30. The molecule has 5 nitrogen and oxygen atoms in total. The first-order chi connectivity index (χ1) is 9.72. The van der Waals surface area contributed by atoms with Crippen molar-refractivity contribution >= 4 is 17.5 Å². The molecule has 1 aromatic carbocycles. The maximum Gasteiger partial charge on any atom is 0.261 e. The lowest BCUT2D eigenvalue weighted by Crippen LogP contribution is -2.38. The molecule has 0 aliphatic carbocycles. The van der Waals surface area contributed by atoms with Gasteiger partial charge in [0.05, 0.1) is 6.33 Å². The maximum atomic E-state index is 12.0. The number of amides is 1.